The van der Waals surface area contributed by atoms with Crippen molar-refractivity contribution < 1.29 is 19.4 Å². The molecule has 4 aromatic carbocycles. The second kappa shape index (κ2) is 11.9. The summed E-state index contributed by atoms with van der Waals surface area (Å²) >= 11 is 4.84. The lowest BCUT2D eigenvalue weighted by Crippen LogP contribution is -2.28. The molecule has 1 aliphatic rings. The number of carboxylic acid groups (broad SMARTS) is 1. The highest BCUT2D eigenvalue weighted by Crippen LogP contribution is 2.39. The molecule has 0 saturated carbocycles. The van der Waals surface area contributed by atoms with Gasteiger partial charge in [-0.1, -0.05) is 63.5 Å². The number of amides is 1. The number of carbonyl (C=O) groups excluding carboxylic acids is 1. The van der Waals surface area contributed by atoms with Crippen LogP contribution >= 0.6 is 27.7 Å². The van der Waals surface area contributed by atoms with E-state index in [2.05, 4.69) is 15.9 Å². The maximum Gasteiger partial charge on any atom is 0.335 e. The topological polar surface area (TPSA) is 79.2 Å². The molecule has 0 unspecified atom stereocenters. The molecular weight excluding hydrogens is 588 g/mol. The van der Waals surface area contributed by atoms with E-state index in [-0.39, 0.29) is 18.1 Å². The van der Waals surface area contributed by atoms with Gasteiger partial charge in [0, 0.05) is 10.0 Å². The molecule has 8 heteroatoms. The first-order valence-electron chi connectivity index (χ1n) is 12.5. The molecule has 0 bridgehead atoms. The monoisotopic (exact) mass is 612 g/mol. The van der Waals surface area contributed by atoms with Gasteiger partial charge in [-0.15, -0.1) is 0 Å². The van der Waals surface area contributed by atoms with Crippen molar-refractivity contribution in [3.05, 3.63) is 128 Å². The predicted octanol–water partition coefficient (Wildman–Crippen LogP) is 8.15. The van der Waals surface area contributed by atoms with Crippen LogP contribution in [0.15, 0.2) is 105 Å². The number of aryl methyl sites for hydroxylation is 2. The molecule has 1 aliphatic heterocycles. The molecule has 0 aliphatic carbocycles. The Balaban J connectivity index is 1.47. The zero-order valence-corrected chi connectivity index (χ0v) is 24.2. The fraction of sp³-hybridized carbons (Fsp3) is 0.0938. The third-order valence-corrected chi connectivity index (χ3v) is 7.67. The Hall–Kier alpha value is -4.14. The van der Waals surface area contributed by atoms with Crippen LogP contribution in [0.3, 0.4) is 0 Å². The van der Waals surface area contributed by atoms with Gasteiger partial charge in [-0.2, -0.15) is 0 Å². The minimum absolute atomic E-state index is 0.171. The van der Waals surface area contributed by atoms with Gasteiger partial charge in [0.2, 0.25) is 0 Å². The van der Waals surface area contributed by atoms with E-state index >= 15 is 0 Å². The van der Waals surface area contributed by atoms with Crippen LogP contribution in [0.4, 0.5) is 11.4 Å². The number of amidine groups is 1. The zero-order valence-electron chi connectivity index (χ0n) is 21.8. The maximum atomic E-state index is 13.8. The van der Waals surface area contributed by atoms with Gasteiger partial charge < -0.3 is 9.84 Å². The number of aliphatic imine (C=N–C) groups is 1. The third-order valence-electron chi connectivity index (χ3n) is 6.21. The first-order valence-corrected chi connectivity index (χ1v) is 14.1. The van der Waals surface area contributed by atoms with E-state index in [9.17, 15) is 9.59 Å². The summed E-state index contributed by atoms with van der Waals surface area (Å²) in [4.78, 5) is 31.9. The number of hydrogen-bond acceptors (Lipinski definition) is 5. The molecule has 1 N–H and O–H groups in total. The Morgan fingerprint density at radius 2 is 1.60 bits per heavy atom. The molecule has 1 fully saturated rings. The molecule has 200 valence electrons. The van der Waals surface area contributed by atoms with Gasteiger partial charge in [-0.25, -0.2) is 9.79 Å². The van der Waals surface area contributed by atoms with Gasteiger partial charge in [0.15, 0.2) is 5.17 Å². The summed E-state index contributed by atoms with van der Waals surface area (Å²) in [5, 5.41) is 9.70. The number of carbonyl (C=O) groups is 2. The first-order chi connectivity index (χ1) is 19.3. The van der Waals surface area contributed by atoms with Crippen LogP contribution in [0.1, 0.15) is 32.6 Å². The highest BCUT2D eigenvalue weighted by molar-refractivity contribution is 9.10. The van der Waals surface area contributed by atoms with Crippen molar-refractivity contribution in [2.24, 2.45) is 4.99 Å². The van der Waals surface area contributed by atoms with Gasteiger partial charge in [0.25, 0.3) is 5.91 Å². The van der Waals surface area contributed by atoms with Crippen molar-refractivity contribution in [3.63, 3.8) is 0 Å². The Morgan fingerprint density at radius 1 is 0.950 bits per heavy atom. The van der Waals surface area contributed by atoms with E-state index in [4.69, 9.17) is 14.8 Å². The predicted molar refractivity (Wildman–Crippen MR) is 164 cm³/mol. The SMILES string of the molecule is Cc1ccc(N=C2S/C(=C\c3cc(Br)ccc3OCc3ccc(C(=O)O)cc3)C(=O)N2c2ccc(C)cc2)cc1. The zero-order chi connectivity index (χ0) is 28.2. The minimum Gasteiger partial charge on any atom is -0.488 e. The van der Waals surface area contributed by atoms with Crippen molar-refractivity contribution >= 4 is 62.2 Å². The van der Waals surface area contributed by atoms with Gasteiger partial charge in [0.1, 0.15) is 12.4 Å². The smallest absolute Gasteiger partial charge is 0.335 e. The standard InChI is InChI=1S/C32H25BrN2O4S/c1-20-3-12-26(13-4-20)34-32-35(27-14-5-21(2)6-15-27)30(36)29(40-32)18-24-17-25(33)11-16-28(24)39-19-22-7-9-23(10-8-22)31(37)38/h3-18H,19H2,1-2H3,(H,37,38)/b29-18-,34-32?. The van der Waals surface area contributed by atoms with Crippen molar-refractivity contribution in [1.29, 1.82) is 0 Å². The number of rotatable bonds is 7. The largest absolute Gasteiger partial charge is 0.488 e. The van der Waals surface area contributed by atoms with Crippen molar-refractivity contribution in [2.75, 3.05) is 4.90 Å². The minimum atomic E-state index is -0.974. The molecule has 1 heterocycles. The fourth-order valence-corrected chi connectivity index (χ4v) is 5.38. The maximum absolute atomic E-state index is 13.8. The van der Waals surface area contributed by atoms with Gasteiger partial charge in [-0.3, -0.25) is 9.69 Å². The molecule has 5 rings (SSSR count). The molecule has 1 saturated heterocycles. The van der Waals surface area contributed by atoms with Gasteiger partial charge in [-0.05, 0) is 91.8 Å². The van der Waals surface area contributed by atoms with Crippen LogP contribution in [-0.4, -0.2) is 22.2 Å². The summed E-state index contributed by atoms with van der Waals surface area (Å²) in [6.07, 6.45) is 1.82. The summed E-state index contributed by atoms with van der Waals surface area (Å²) in [5.41, 5.74) is 5.52. The van der Waals surface area contributed by atoms with E-state index in [1.807, 2.05) is 86.7 Å². The number of carboxylic acids is 1. The molecule has 0 radical (unpaired) electrons. The number of nitrogens with zero attached hydrogens (tertiary/aromatic N) is 2. The highest BCUT2D eigenvalue weighted by Gasteiger charge is 2.35. The summed E-state index contributed by atoms with van der Waals surface area (Å²) in [5.74, 6) is -0.551. The fourth-order valence-electron chi connectivity index (χ4n) is 4.01. The van der Waals surface area contributed by atoms with Crippen LogP contribution in [0.2, 0.25) is 0 Å². The molecule has 0 aromatic heterocycles. The number of hydrogen-bond donors (Lipinski definition) is 1. The normalized spacial score (nSPS) is 15.2. The van der Waals surface area contributed by atoms with Crippen molar-refractivity contribution in [3.8, 4) is 5.75 Å². The van der Waals surface area contributed by atoms with E-state index in [1.165, 1.54) is 11.8 Å². The lowest BCUT2D eigenvalue weighted by Gasteiger charge is -2.16. The molecule has 0 atom stereocenters. The number of aromatic carboxylic acids is 1. The molecule has 6 nitrogen and oxygen atoms in total. The summed E-state index contributed by atoms with van der Waals surface area (Å²) in [7, 11) is 0. The average Bonchev–Trinajstić information content (AvgIpc) is 3.24. The molecule has 4 aromatic rings. The quantitative estimate of drug-likeness (QED) is 0.213. The van der Waals surface area contributed by atoms with E-state index in [0.717, 1.165) is 38.1 Å². The second-order valence-corrected chi connectivity index (χ2v) is 11.2. The number of benzene rings is 4. The van der Waals surface area contributed by atoms with Gasteiger partial charge >= 0.3 is 5.97 Å². The average molecular weight is 614 g/mol. The van der Waals surface area contributed by atoms with E-state index < -0.39 is 5.97 Å². The highest BCUT2D eigenvalue weighted by atomic mass is 79.9. The Kier molecular flexibility index (Phi) is 8.19. The molecule has 40 heavy (non-hydrogen) atoms. The van der Waals surface area contributed by atoms with E-state index in [1.54, 1.807) is 29.2 Å². The summed E-state index contributed by atoms with van der Waals surface area (Å²) in [6, 6.07) is 27.8. The number of anilines is 1. The van der Waals surface area contributed by atoms with Crippen LogP contribution in [-0.2, 0) is 11.4 Å². The lowest BCUT2D eigenvalue weighted by atomic mass is 10.1. The number of thioether (sulfide) groups is 1. The van der Waals surface area contributed by atoms with Crippen LogP contribution in [0.25, 0.3) is 6.08 Å². The molecular formula is C32H25BrN2O4S. The Morgan fingerprint density at radius 3 is 2.25 bits per heavy atom. The first kappa shape index (κ1) is 27.4. The summed E-state index contributed by atoms with van der Waals surface area (Å²) in [6.45, 7) is 4.27. The number of halogens is 1. The summed E-state index contributed by atoms with van der Waals surface area (Å²) < 4.78 is 6.95. The van der Waals surface area contributed by atoms with Crippen molar-refractivity contribution in [1.82, 2.24) is 0 Å². The van der Waals surface area contributed by atoms with E-state index in [0.29, 0.717) is 15.8 Å². The Bertz CT molecular complexity index is 1630. The Labute approximate surface area is 245 Å². The van der Waals surface area contributed by atoms with Crippen LogP contribution < -0.4 is 9.64 Å². The molecule has 1 amide bonds. The lowest BCUT2D eigenvalue weighted by molar-refractivity contribution is -0.113. The number of ether oxygens (including phenoxy) is 1. The second-order valence-electron chi connectivity index (χ2n) is 9.29. The van der Waals surface area contributed by atoms with Crippen LogP contribution in [0, 0.1) is 13.8 Å². The van der Waals surface area contributed by atoms with Gasteiger partial charge in [0.05, 0.1) is 21.8 Å². The molecule has 0 spiro atoms. The van der Waals surface area contributed by atoms with Crippen molar-refractivity contribution in [2.45, 2.75) is 20.5 Å². The third kappa shape index (κ3) is 6.35. The van der Waals surface area contributed by atoms with Crippen LogP contribution in [0.5, 0.6) is 5.75 Å².